The van der Waals surface area contributed by atoms with Crippen LogP contribution in [0.5, 0.6) is 5.75 Å². The lowest BCUT2D eigenvalue weighted by Gasteiger charge is -2.59. The highest BCUT2D eigenvalue weighted by Gasteiger charge is 2.63. The van der Waals surface area contributed by atoms with Gasteiger partial charge in [0.05, 0.1) is 15.9 Å². The number of esters is 2. The highest BCUT2D eigenvalue weighted by Crippen LogP contribution is 2.63. The summed E-state index contributed by atoms with van der Waals surface area (Å²) in [5.74, 6) is 1.07. The number of benzene rings is 2. The number of carbonyl (C=O) groups excluding carboxylic acids is 2. The number of carbonyl (C=O) groups is 2. The highest BCUT2D eigenvalue weighted by atomic mass is 127. The van der Waals surface area contributed by atoms with Crippen molar-refractivity contribution in [2.45, 2.75) is 80.6 Å². The van der Waals surface area contributed by atoms with Crippen molar-refractivity contribution >= 4 is 89.8 Å². The quantitative estimate of drug-likeness (QED) is 0.0977. The Labute approximate surface area is 286 Å². The molecule has 0 aliphatic heterocycles. The number of hydrogen-bond acceptors (Lipinski definition) is 7. The molecule has 0 amide bonds. The first-order chi connectivity index (χ1) is 19.8. The van der Waals surface area contributed by atoms with Gasteiger partial charge in [-0.15, -0.1) is 0 Å². The second-order valence-corrected chi connectivity index (χ2v) is 18.2. The monoisotopic (exact) mass is 927 g/mol. The average molecular weight is 927 g/mol. The smallest absolute Gasteiger partial charge is 0.339 e. The minimum absolute atomic E-state index is 0.00439. The van der Waals surface area contributed by atoms with Crippen molar-refractivity contribution in [2.24, 2.45) is 29.1 Å². The van der Waals surface area contributed by atoms with E-state index in [4.69, 9.17) is 9.47 Å². The Hall–Kier alpha value is -0.520. The van der Waals surface area contributed by atoms with E-state index in [0.29, 0.717) is 42.2 Å². The SMILES string of the molecule is O=C(OC12CC3CC(C1)CC(C(=O)Oc1ccc(S(=O)(=O)[O-])c(C4CC5CCC4C5)c1)(C3)C2)c1cc(I)cc(I)c1I. The summed E-state index contributed by atoms with van der Waals surface area (Å²) in [5, 5.41) is 0. The molecule has 8 rings (SSSR count). The van der Waals surface area contributed by atoms with E-state index in [1.165, 1.54) is 12.1 Å². The van der Waals surface area contributed by atoms with Crippen LogP contribution in [0, 0.1) is 39.8 Å². The Kier molecular flexibility index (Phi) is 7.74. The molecule has 0 spiro atoms. The fourth-order valence-corrected chi connectivity index (χ4v) is 12.6. The molecule has 2 aromatic carbocycles. The van der Waals surface area contributed by atoms with Crippen molar-refractivity contribution in [3.05, 3.63) is 52.2 Å². The maximum Gasteiger partial charge on any atom is 0.339 e. The number of ether oxygens (including phenoxy) is 2. The second kappa shape index (κ2) is 10.8. The Balaban J connectivity index is 1.15. The molecular weight excluding hydrogens is 897 g/mol. The first kappa shape index (κ1) is 30.2. The van der Waals surface area contributed by atoms with Crippen LogP contribution in [0.4, 0.5) is 0 Å². The molecule has 5 atom stereocenters. The van der Waals surface area contributed by atoms with Crippen LogP contribution in [0.3, 0.4) is 0 Å². The van der Waals surface area contributed by atoms with Crippen molar-refractivity contribution in [3.8, 4) is 5.75 Å². The van der Waals surface area contributed by atoms with E-state index in [-0.39, 0.29) is 40.3 Å². The summed E-state index contributed by atoms with van der Waals surface area (Å²) in [7, 11) is -4.66. The Bertz CT molecular complexity index is 1590. The highest BCUT2D eigenvalue weighted by molar-refractivity contribution is 14.1. The maximum absolute atomic E-state index is 14.0. The van der Waals surface area contributed by atoms with Gasteiger partial charge in [0.25, 0.3) is 0 Å². The zero-order chi connectivity index (χ0) is 29.6. The van der Waals surface area contributed by atoms with Gasteiger partial charge in [0.15, 0.2) is 0 Å². The van der Waals surface area contributed by atoms with Crippen molar-refractivity contribution in [2.75, 3.05) is 0 Å². The van der Waals surface area contributed by atoms with Crippen molar-refractivity contribution < 1.29 is 32.0 Å². The van der Waals surface area contributed by atoms with E-state index in [1.807, 2.05) is 12.1 Å². The summed E-state index contributed by atoms with van der Waals surface area (Å²) >= 11 is 6.63. The molecule has 0 radical (unpaired) electrons. The van der Waals surface area contributed by atoms with Crippen molar-refractivity contribution in [3.63, 3.8) is 0 Å². The van der Waals surface area contributed by atoms with Gasteiger partial charge in [-0.3, -0.25) is 4.79 Å². The molecule has 224 valence electrons. The van der Waals surface area contributed by atoms with E-state index in [1.54, 1.807) is 6.07 Å². The summed E-state index contributed by atoms with van der Waals surface area (Å²) in [6.45, 7) is 0. The van der Waals surface area contributed by atoms with Crippen LogP contribution in [0.25, 0.3) is 0 Å². The molecule has 5 unspecified atom stereocenters. The van der Waals surface area contributed by atoms with Crippen LogP contribution in [-0.4, -0.2) is 30.5 Å². The van der Waals surface area contributed by atoms with Gasteiger partial charge in [-0.05, 0) is 185 Å². The predicted octanol–water partition coefficient (Wildman–Crippen LogP) is 7.41. The molecule has 0 saturated heterocycles. The van der Waals surface area contributed by atoms with Crippen LogP contribution >= 0.6 is 67.8 Å². The molecule has 6 bridgehead atoms. The van der Waals surface area contributed by atoms with E-state index >= 15 is 0 Å². The number of halogens is 3. The zero-order valence-electron chi connectivity index (χ0n) is 22.7. The molecule has 2 aromatic rings. The molecule has 11 heteroatoms. The van der Waals surface area contributed by atoms with Gasteiger partial charge >= 0.3 is 11.9 Å². The summed E-state index contributed by atoms with van der Waals surface area (Å²) in [5.41, 5.74) is -0.404. The van der Waals surface area contributed by atoms with Gasteiger partial charge in [0.2, 0.25) is 0 Å². The fraction of sp³-hybridized carbons (Fsp3) is 0.548. The van der Waals surface area contributed by atoms with Gasteiger partial charge in [0.1, 0.15) is 21.5 Å². The van der Waals surface area contributed by atoms with Crippen molar-refractivity contribution in [1.82, 2.24) is 0 Å². The largest absolute Gasteiger partial charge is 0.744 e. The topological polar surface area (TPSA) is 110 Å². The van der Waals surface area contributed by atoms with E-state index in [2.05, 4.69) is 67.8 Å². The lowest BCUT2D eigenvalue weighted by atomic mass is 9.48. The van der Waals surface area contributed by atoms with Crippen LogP contribution in [0.15, 0.2) is 35.2 Å². The minimum Gasteiger partial charge on any atom is -0.744 e. The third-order valence-corrected chi connectivity index (χ3v) is 15.1. The fourth-order valence-electron chi connectivity index (χ4n) is 9.44. The first-order valence-corrected chi connectivity index (χ1v) is 19.2. The van der Waals surface area contributed by atoms with Gasteiger partial charge in [0, 0.05) is 17.1 Å². The lowest BCUT2D eigenvalue weighted by Crippen LogP contribution is -2.60. The standard InChI is InChI=1S/C31H31I3O7S/c32-20-8-24(27(34)25(33)9-20)28(35)41-31-13-17-5-18(14-31)12-30(11-17,15-31)29(36)40-21-3-4-26(42(37,38)39)23(10-21)22-7-16-1-2-19(22)6-16/h3-4,8-10,16-19,22H,1-2,5-7,11-15H2,(H,37,38,39)/p-1. The number of rotatable bonds is 6. The average Bonchev–Trinajstić information content (AvgIpc) is 3.53. The van der Waals surface area contributed by atoms with Gasteiger partial charge in [-0.25, -0.2) is 13.2 Å². The van der Waals surface area contributed by atoms with Crippen LogP contribution in [-0.2, 0) is 19.6 Å². The van der Waals surface area contributed by atoms with E-state index in [0.717, 1.165) is 55.7 Å². The first-order valence-electron chi connectivity index (χ1n) is 14.5. The predicted molar refractivity (Wildman–Crippen MR) is 178 cm³/mol. The molecule has 42 heavy (non-hydrogen) atoms. The molecule has 0 heterocycles. The minimum atomic E-state index is -4.66. The zero-order valence-corrected chi connectivity index (χ0v) is 30.0. The van der Waals surface area contributed by atoms with Crippen molar-refractivity contribution in [1.29, 1.82) is 0 Å². The summed E-state index contributed by atoms with van der Waals surface area (Å²) in [6.07, 6.45) is 8.47. The van der Waals surface area contributed by atoms with Crippen LogP contribution in [0.1, 0.15) is 86.0 Å². The second-order valence-electron chi connectivity index (χ2n) is 13.4. The van der Waals surface area contributed by atoms with Crippen LogP contribution < -0.4 is 4.74 Å². The normalized spacial score (nSPS) is 34.5. The third kappa shape index (κ3) is 5.36. The molecule has 0 aromatic heterocycles. The molecule has 6 fully saturated rings. The van der Waals surface area contributed by atoms with Gasteiger partial charge < -0.3 is 14.0 Å². The summed E-state index contributed by atoms with van der Waals surface area (Å²) in [4.78, 5) is 27.3. The molecule has 6 aliphatic carbocycles. The van der Waals surface area contributed by atoms with Gasteiger partial charge in [-0.1, -0.05) is 6.42 Å². The Morgan fingerprint density at radius 3 is 2.29 bits per heavy atom. The lowest BCUT2D eigenvalue weighted by molar-refractivity contribution is -0.189. The maximum atomic E-state index is 14.0. The molecule has 6 aliphatic rings. The van der Waals surface area contributed by atoms with E-state index < -0.39 is 21.1 Å². The number of fused-ring (bicyclic) bond motifs is 2. The number of hydrogen-bond donors (Lipinski definition) is 0. The van der Waals surface area contributed by atoms with Gasteiger partial charge in [-0.2, -0.15) is 0 Å². The third-order valence-electron chi connectivity index (χ3n) is 10.6. The Morgan fingerprint density at radius 2 is 1.64 bits per heavy atom. The molecule has 0 N–H and O–H groups in total. The molecule has 7 nitrogen and oxygen atoms in total. The van der Waals surface area contributed by atoms with Crippen LogP contribution in [0.2, 0.25) is 0 Å². The Morgan fingerprint density at radius 1 is 0.905 bits per heavy atom. The summed E-state index contributed by atoms with van der Waals surface area (Å²) in [6, 6.07) is 8.27. The summed E-state index contributed by atoms with van der Waals surface area (Å²) < 4.78 is 51.7. The molecular formula is C31H30I3O7S-. The molecule has 6 saturated carbocycles. The van der Waals surface area contributed by atoms with E-state index in [9.17, 15) is 22.6 Å².